The van der Waals surface area contributed by atoms with E-state index in [1.165, 1.54) is 38.7 Å². The van der Waals surface area contributed by atoms with Gasteiger partial charge in [0.2, 0.25) is 5.91 Å². The highest BCUT2D eigenvalue weighted by molar-refractivity contribution is 7.97. The highest BCUT2D eigenvalue weighted by atomic mass is 35.5. The van der Waals surface area contributed by atoms with Crippen molar-refractivity contribution in [2.45, 2.75) is 27.2 Å². The molecule has 1 atom stereocenters. The van der Waals surface area contributed by atoms with Gasteiger partial charge >= 0.3 is 0 Å². The minimum atomic E-state index is -3.79. The molecule has 1 aliphatic heterocycles. The number of nitrogens with zero attached hydrogens (tertiary/aromatic N) is 2. The molecule has 10 heteroatoms. The Morgan fingerprint density at radius 1 is 1.23 bits per heavy atom. The van der Waals surface area contributed by atoms with Crippen LogP contribution in [0.3, 0.4) is 0 Å². The number of hydrogen-bond acceptors (Lipinski definition) is 5. The second kappa shape index (κ2) is 10.6. The van der Waals surface area contributed by atoms with Crippen LogP contribution < -0.4 is 4.90 Å². The standard InChI is InChI=1S/C25H28ClFN2O4S2/c1-15(2)19(14-35(32,33)13-16(3)22-8-9-23(26)34-22)18-10-11-29(25(18)31)21-7-6-17(12-20(21)27)24(30)28(4)5/h6-9,12-15,18H,10-11H2,1-5H3/b16-13+,19-14?/t18-/m1/s1. The number of carbonyl (C=O) groups is 2. The van der Waals surface area contributed by atoms with Gasteiger partial charge in [0.1, 0.15) is 5.82 Å². The molecule has 2 aromatic rings. The Kier molecular flexibility index (Phi) is 8.24. The van der Waals surface area contributed by atoms with Crippen LogP contribution in [0.25, 0.3) is 5.57 Å². The summed E-state index contributed by atoms with van der Waals surface area (Å²) in [5, 5.41) is 2.34. The fraction of sp³-hybridized carbons (Fsp3) is 0.360. The first-order valence-electron chi connectivity index (χ1n) is 11.0. The maximum absolute atomic E-state index is 14.9. The molecule has 0 unspecified atom stereocenters. The van der Waals surface area contributed by atoms with Gasteiger partial charge in [0.25, 0.3) is 5.91 Å². The van der Waals surface area contributed by atoms with Crippen molar-refractivity contribution in [3.05, 3.63) is 67.3 Å². The Labute approximate surface area is 214 Å². The molecule has 1 aliphatic rings. The second-order valence-electron chi connectivity index (χ2n) is 8.96. The lowest BCUT2D eigenvalue weighted by molar-refractivity contribution is -0.119. The van der Waals surface area contributed by atoms with Crippen LogP contribution in [0.2, 0.25) is 4.34 Å². The number of sulfone groups is 1. The quantitative estimate of drug-likeness (QED) is 0.459. The molecule has 3 rings (SSSR count). The van der Waals surface area contributed by atoms with E-state index in [1.807, 2.05) is 13.8 Å². The summed E-state index contributed by atoms with van der Waals surface area (Å²) < 4.78 is 41.4. The fourth-order valence-corrected chi connectivity index (χ4v) is 6.61. The summed E-state index contributed by atoms with van der Waals surface area (Å²) in [7, 11) is -0.641. The van der Waals surface area contributed by atoms with Gasteiger partial charge in [-0.05, 0) is 60.7 Å². The van der Waals surface area contributed by atoms with Crippen LogP contribution in [0.1, 0.15) is 42.4 Å². The van der Waals surface area contributed by atoms with Crippen molar-refractivity contribution in [3.63, 3.8) is 0 Å². The lowest BCUT2D eigenvalue weighted by atomic mass is 9.90. The maximum atomic E-state index is 14.9. The zero-order valence-corrected chi connectivity index (χ0v) is 22.6. The first kappa shape index (κ1) is 27.1. The van der Waals surface area contributed by atoms with E-state index in [9.17, 15) is 22.4 Å². The first-order chi connectivity index (χ1) is 16.3. The van der Waals surface area contributed by atoms with Gasteiger partial charge < -0.3 is 9.80 Å². The van der Waals surface area contributed by atoms with E-state index in [0.717, 1.165) is 16.4 Å². The highest BCUT2D eigenvalue weighted by Gasteiger charge is 2.37. The fourth-order valence-electron chi connectivity index (χ4n) is 4.02. The predicted molar refractivity (Wildman–Crippen MR) is 140 cm³/mol. The smallest absolute Gasteiger partial charge is 0.253 e. The van der Waals surface area contributed by atoms with Crippen molar-refractivity contribution in [3.8, 4) is 0 Å². The topological polar surface area (TPSA) is 74.8 Å². The van der Waals surface area contributed by atoms with E-state index in [0.29, 0.717) is 21.9 Å². The van der Waals surface area contributed by atoms with E-state index < -0.39 is 21.6 Å². The average molecular weight is 539 g/mol. The Hall–Kier alpha value is -2.49. The summed E-state index contributed by atoms with van der Waals surface area (Å²) in [6, 6.07) is 7.47. The maximum Gasteiger partial charge on any atom is 0.253 e. The molecular formula is C25H28ClFN2O4S2. The first-order valence-corrected chi connectivity index (χ1v) is 13.8. The summed E-state index contributed by atoms with van der Waals surface area (Å²) in [5.74, 6) is -2.28. The Bertz CT molecular complexity index is 1310. The molecular weight excluding hydrogens is 511 g/mol. The number of thiophene rings is 1. The summed E-state index contributed by atoms with van der Waals surface area (Å²) in [6.45, 7) is 5.59. The van der Waals surface area contributed by atoms with Gasteiger partial charge in [-0.1, -0.05) is 25.4 Å². The van der Waals surface area contributed by atoms with Crippen molar-refractivity contribution >= 4 is 55.8 Å². The minimum Gasteiger partial charge on any atom is -0.345 e. The molecule has 1 aromatic heterocycles. The number of hydrogen-bond donors (Lipinski definition) is 0. The summed E-state index contributed by atoms with van der Waals surface area (Å²) in [5.41, 5.74) is 1.28. The third-order valence-corrected chi connectivity index (χ3v) is 8.42. The lowest BCUT2D eigenvalue weighted by Gasteiger charge is -2.21. The van der Waals surface area contributed by atoms with Crippen molar-refractivity contribution in [1.82, 2.24) is 4.90 Å². The minimum absolute atomic E-state index is 0.0732. The molecule has 188 valence electrons. The van der Waals surface area contributed by atoms with Gasteiger partial charge in [-0.2, -0.15) is 0 Å². The Balaban J connectivity index is 1.89. The number of benzene rings is 1. The third-order valence-electron chi connectivity index (χ3n) is 5.77. The van der Waals surface area contributed by atoms with E-state index in [2.05, 4.69) is 0 Å². The molecule has 2 heterocycles. The molecule has 1 aromatic carbocycles. The van der Waals surface area contributed by atoms with E-state index in [4.69, 9.17) is 11.6 Å². The van der Waals surface area contributed by atoms with Gasteiger partial charge in [-0.25, -0.2) is 12.8 Å². The molecule has 6 nitrogen and oxygen atoms in total. The number of anilines is 1. The van der Waals surface area contributed by atoms with E-state index in [-0.39, 0.29) is 35.5 Å². The largest absolute Gasteiger partial charge is 0.345 e. The normalized spacial score (nSPS) is 17.4. The number of amides is 2. The Morgan fingerprint density at radius 2 is 1.91 bits per heavy atom. The summed E-state index contributed by atoms with van der Waals surface area (Å²) in [6.07, 6.45) is 0.361. The number of allylic oxidation sites excluding steroid dienone is 1. The molecule has 0 radical (unpaired) electrons. The summed E-state index contributed by atoms with van der Waals surface area (Å²) >= 11 is 7.24. The molecule has 1 saturated heterocycles. The number of halogens is 2. The zero-order chi connectivity index (χ0) is 26.1. The van der Waals surface area contributed by atoms with Gasteiger partial charge in [0.05, 0.1) is 15.9 Å². The molecule has 35 heavy (non-hydrogen) atoms. The van der Waals surface area contributed by atoms with Crippen LogP contribution in [-0.2, 0) is 14.6 Å². The van der Waals surface area contributed by atoms with Crippen molar-refractivity contribution in [1.29, 1.82) is 0 Å². The van der Waals surface area contributed by atoms with Crippen molar-refractivity contribution in [2.24, 2.45) is 11.8 Å². The molecule has 0 N–H and O–H groups in total. The van der Waals surface area contributed by atoms with Crippen LogP contribution in [0.4, 0.5) is 10.1 Å². The monoisotopic (exact) mass is 538 g/mol. The van der Waals surface area contributed by atoms with Crippen LogP contribution in [0.5, 0.6) is 0 Å². The highest BCUT2D eigenvalue weighted by Crippen LogP contribution is 2.35. The molecule has 0 bridgehead atoms. The van der Waals surface area contributed by atoms with Gasteiger partial charge in [0.15, 0.2) is 9.84 Å². The number of rotatable bonds is 7. The predicted octanol–water partition coefficient (Wildman–Crippen LogP) is 5.61. The average Bonchev–Trinajstić information content (AvgIpc) is 3.36. The second-order valence-corrected chi connectivity index (χ2v) is 12.3. The van der Waals surface area contributed by atoms with Gasteiger partial charge in [-0.3, -0.25) is 9.59 Å². The number of carbonyl (C=O) groups excluding carboxylic acids is 2. The Morgan fingerprint density at radius 3 is 2.46 bits per heavy atom. The van der Waals surface area contributed by atoms with E-state index in [1.54, 1.807) is 33.2 Å². The van der Waals surface area contributed by atoms with Crippen LogP contribution >= 0.6 is 22.9 Å². The van der Waals surface area contributed by atoms with Crippen LogP contribution in [0, 0.1) is 17.7 Å². The van der Waals surface area contributed by atoms with Crippen molar-refractivity contribution < 1.29 is 22.4 Å². The molecule has 0 aliphatic carbocycles. The van der Waals surface area contributed by atoms with Gasteiger partial charge in [-0.15, -0.1) is 11.3 Å². The van der Waals surface area contributed by atoms with Crippen LogP contribution in [0.15, 0.2) is 46.7 Å². The zero-order valence-electron chi connectivity index (χ0n) is 20.2. The van der Waals surface area contributed by atoms with Crippen LogP contribution in [-0.4, -0.2) is 45.8 Å². The molecule has 0 spiro atoms. The van der Waals surface area contributed by atoms with Crippen molar-refractivity contribution in [2.75, 3.05) is 25.5 Å². The molecule has 0 saturated carbocycles. The molecule has 1 fully saturated rings. The van der Waals surface area contributed by atoms with Gasteiger partial charge in [0, 0.05) is 41.9 Å². The molecule has 2 amide bonds. The lowest BCUT2D eigenvalue weighted by Crippen LogP contribution is -2.29. The summed E-state index contributed by atoms with van der Waals surface area (Å²) in [4.78, 5) is 28.8. The third kappa shape index (κ3) is 6.20. The SMILES string of the molecule is C/C(=C\S(=O)(=O)C=C(C(C)C)[C@H]1CCN(c2ccc(C(=O)N(C)C)cc2F)C1=O)c1ccc(Cl)s1. The van der Waals surface area contributed by atoms with E-state index >= 15 is 0 Å².